The third kappa shape index (κ3) is 12.2. The number of nitrogens with zero attached hydrogens (tertiary/aromatic N) is 1. The number of likely N-dealkylation sites (tertiary alicyclic amines) is 1. The Balaban J connectivity index is -0.000000285. The summed E-state index contributed by atoms with van der Waals surface area (Å²) in [6.45, 7) is 21.2. The van der Waals surface area contributed by atoms with Crippen LogP contribution < -0.4 is 5.32 Å². The van der Waals surface area contributed by atoms with Crippen molar-refractivity contribution in [2.24, 2.45) is 0 Å². The molecule has 0 aromatic rings. The smallest absolute Gasteiger partial charge is 0.0220 e. The van der Waals surface area contributed by atoms with Gasteiger partial charge in [-0.05, 0) is 32.5 Å². The zero-order valence-electron chi connectivity index (χ0n) is 13.8. The van der Waals surface area contributed by atoms with Gasteiger partial charge in [0.2, 0.25) is 0 Å². The molecule has 0 aromatic carbocycles. The summed E-state index contributed by atoms with van der Waals surface area (Å²) in [5.41, 5.74) is 0. The Labute approximate surface area is 111 Å². The first-order chi connectivity index (χ1) is 8.38. The zero-order valence-corrected chi connectivity index (χ0v) is 13.8. The fraction of sp³-hybridized carbons (Fsp3) is 1.00. The van der Waals surface area contributed by atoms with Crippen LogP contribution in [-0.4, -0.2) is 37.1 Å². The van der Waals surface area contributed by atoms with E-state index < -0.39 is 0 Å². The van der Waals surface area contributed by atoms with E-state index in [-0.39, 0.29) is 0 Å². The molecule has 1 aliphatic heterocycles. The quantitative estimate of drug-likeness (QED) is 0.801. The van der Waals surface area contributed by atoms with E-state index in [1.807, 2.05) is 41.5 Å². The molecule has 0 amide bonds. The van der Waals surface area contributed by atoms with Gasteiger partial charge in [-0.2, -0.15) is 0 Å². The van der Waals surface area contributed by atoms with Gasteiger partial charge in [0.05, 0.1) is 0 Å². The Bertz CT molecular complexity index is 105. The second kappa shape index (κ2) is 21.2. The third-order valence-electron chi connectivity index (χ3n) is 2.54. The molecule has 0 bridgehead atoms. The van der Waals surface area contributed by atoms with Crippen LogP contribution in [0.5, 0.6) is 0 Å². The minimum atomic E-state index is 0.819. The molecule has 1 fully saturated rings. The molecule has 1 saturated heterocycles. The molecule has 0 aliphatic carbocycles. The van der Waals surface area contributed by atoms with Crippen LogP contribution in [0.25, 0.3) is 0 Å². The molecule has 2 heteroatoms. The molecule has 17 heavy (non-hydrogen) atoms. The molecule has 2 nitrogen and oxygen atoms in total. The molecule has 108 valence electrons. The molecular formula is C15H38N2. The molecule has 1 rings (SSSR count). The van der Waals surface area contributed by atoms with Crippen LogP contribution in [-0.2, 0) is 0 Å². The Kier molecular flexibility index (Phi) is 27.6. The summed E-state index contributed by atoms with van der Waals surface area (Å²) < 4.78 is 0. The maximum absolute atomic E-state index is 3.41. The third-order valence-corrected chi connectivity index (χ3v) is 2.54. The van der Waals surface area contributed by atoms with Gasteiger partial charge < -0.3 is 5.32 Å². The van der Waals surface area contributed by atoms with Crippen LogP contribution in [0.15, 0.2) is 0 Å². The lowest BCUT2D eigenvalue weighted by Gasteiger charge is -2.22. The van der Waals surface area contributed by atoms with Crippen molar-refractivity contribution in [1.29, 1.82) is 0 Å². The molecule has 1 aliphatic rings. The van der Waals surface area contributed by atoms with E-state index in [2.05, 4.69) is 24.1 Å². The molecule has 1 heterocycles. The summed E-state index contributed by atoms with van der Waals surface area (Å²) in [6, 6.07) is 0.819. The van der Waals surface area contributed by atoms with Gasteiger partial charge in [-0.1, -0.05) is 55.4 Å². The van der Waals surface area contributed by atoms with Crippen molar-refractivity contribution in [2.75, 3.05) is 26.2 Å². The first kappa shape index (κ1) is 22.1. The Hall–Kier alpha value is -0.0800. The fourth-order valence-electron chi connectivity index (χ4n) is 1.85. The summed E-state index contributed by atoms with van der Waals surface area (Å²) in [5, 5.41) is 3.41. The lowest BCUT2D eigenvalue weighted by Crippen LogP contribution is -2.37. The highest BCUT2D eigenvalue weighted by Gasteiger charge is 2.21. The second-order valence-corrected chi connectivity index (χ2v) is 3.23. The molecule has 0 radical (unpaired) electrons. The SMILES string of the molecule is CC.CC.CC.CCNCC1CCCN1CC. The molecule has 0 saturated carbocycles. The minimum absolute atomic E-state index is 0.819. The normalized spacial score (nSPS) is 18.0. The van der Waals surface area contributed by atoms with E-state index in [0.717, 1.165) is 12.6 Å². The van der Waals surface area contributed by atoms with Gasteiger partial charge in [-0.3, -0.25) is 4.90 Å². The average molecular weight is 246 g/mol. The highest BCUT2D eigenvalue weighted by molar-refractivity contribution is 4.79. The summed E-state index contributed by atoms with van der Waals surface area (Å²) >= 11 is 0. The van der Waals surface area contributed by atoms with Crippen molar-refractivity contribution < 1.29 is 0 Å². The van der Waals surface area contributed by atoms with Crippen LogP contribution in [0.1, 0.15) is 68.2 Å². The highest BCUT2D eigenvalue weighted by atomic mass is 15.2. The van der Waals surface area contributed by atoms with Crippen LogP contribution in [0.4, 0.5) is 0 Å². The van der Waals surface area contributed by atoms with E-state index in [4.69, 9.17) is 0 Å². The maximum atomic E-state index is 3.41. The highest BCUT2D eigenvalue weighted by Crippen LogP contribution is 2.15. The van der Waals surface area contributed by atoms with Crippen molar-refractivity contribution in [2.45, 2.75) is 74.3 Å². The van der Waals surface area contributed by atoms with Crippen LogP contribution in [0, 0.1) is 0 Å². The lowest BCUT2D eigenvalue weighted by molar-refractivity contribution is 0.261. The van der Waals surface area contributed by atoms with Gasteiger partial charge in [0.15, 0.2) is 0 Å². The topological polar surface area (TPSA) is 15.3 Å². The number of rotatable bonds is 4. The number of hydrogen-bond donors (Lipinski definition) is 1. The van der Waals surface area contributed by atoms with Gasteiger partial charge in [0.1, 0.15) is 0 Å². The van der Waals surface area contributed by atoms with Crippen molar-refractivity contribution in [3.8, 4) is 0 Å². The molecule has 1 N–H and O–H groups in total. The maximum Gasteiger partial charge on any atom is 0.0220 e. The first-order valence-electron chi connectivity index (χ1n) is 7.83. The molecule has 1 atom stereocenters. The molecule has 0 aromatic heterocycles. The minimum Gasteiger partial charge on any atom is -0.315 e. The van der Waals surface area contributed by atoms with E-state index in [1.165, 1.54) is 32.5 Å². The van der Waals surface area contributed by atoms with Crippen LogP contribution >= 0.6 is 0 Å². The van der Waals surface area contributed by atoms with Crippen molar-refractivity contribution in [3.05, 3.63) is 0 Å². The average Bonchev–Trinajstić information content (AvgIpc) is 2.90. The van der Waals surface area contributed by atoms with Crippen molar-refractivity contribution >= 4 is 0 Å². The summed E-state index contributed by atoms with van der Waals surface area (Å²) in [7, 11) is 0. The molecule has 0 spiro atoms. The number of nitrogens with one attached hydrogen (secondary N) is 1. The van der Waals surface area contributed by atoms with Gasteiger partial charge in [0.25, 0.3) is 0 Å². The fourth-order valence-corrected chi connectivity index (χ4v) is 1.85. The summed E-state index contributed by atoms with van der Waals surface area (Å²) in [6.07, 6.45) is 2.78. The van der Waals surface area contributed by atoms with Gasteiger partial charge in [-0.25, -0.2) is 0 Å². The Morgan fingerprint density at radius 2 is 1.53 bits per heavy atom. The largest absolute Gasteiger partial charge is 0.315 e. The molecule has 1 unspecified atom stereocenters. The van der Waals surface area contributed by atoms with Gasteiger partial charge in [0, 0.05) is 12.6 Å². The van der Waals surface area contributed by atoms with Gasteiger partial charge >= 0.3 is 0 Å². The van der Waals surface area contributed by atoms with Crippen molar-refractivity contribution in [1.82, 2.24) is 10.2 Å². The van der Waals surface area contributed by atoms with Crippen molar-refractivity contribution in [3.63, 3.8) is 0 Å². The van der Waals surface area contributed by atoms with E-state index in [9.17, 15) is 0 Å². The van der Waals surface area contributed by atoms with Gasteiger partial charge in [-0.15, -0.1) is 0 Å². The monoisotopic (exact) mass is 246 g/mol. The standard InChI is InChI=1S/C9H20N2.3C2H6/c1-3-10-8-9-6-5-7-11(9)4-2;3*1-2/h9-10H,3-8H2,1-2H3;3*1-2H3. The molecular weight excluding hydrogens is 208 g/mol. The van der Waals surface area contributed by atoms with E-state index >= 15 is 0 Å². The zero-order chi connectivity index (χ0) is 14.1. The first-order valence-corrected chi connectivity index (χ1v) is 7.83. The lowest BCUT2D eigenvalue weighted by atomic mass is 10.2. The number of hydrogen-bond acceptors (Lipinski definition) is 2. The Morgan fingerprint density at radius 1 is 1.00 bits per heavy atom. The number of likely N-dealkylation sites (N-methyl/N-ethyl adjacent to an activating group) is 2. The van der Waals surface area contributed by atoms with E-state index in [0.29, 0.717) is 0 Å². The predicted molar refractivity (Wildman–Crippen MR) is 82.9 cm³/mol. The van der Waals surface area contributed by atoms with E-state index in [1.54, 1.807) is 0 Å². The van der Waals surface area contributed by atoms with Crippen LogP contribution in [0.2, 0.25) is 0 Å². The predicted octanol–water partition coefficient (Wildman–Crippen LogP) is 4.16. The van der Waals surface area contributed by atoms with Crippen LogP contribution in [0.3, 0.4) is 0 Å². The summed E-state index contributed by atoms with van der Waals surface area (Å²) in [5.74, 6) is 0. The Morgan fingerprint density at radius 3 is 1.94 bits per heavy atom. The summed E-state index contributed by atoms with van der Waals surface area (Å²) in [4.78, 5) is 2.57. The second-order valence-electron chi connectivity index (χ2n) is 3.23.